The van der Waals surface area contributed by atoms with E-state index in [-0.39, 0.29) is 24.2 Å². The van der Waals surface area contributed by atoms with Crippen LogP contribution in [0.25, 0.3) is 0 Å². The Kier molecular flexibility index (Phi) is 6.93. The molecule has 0 spiro atoms. The van der Waals surface area contributed by atoms with Crippen LogP contribution in [-0.4, -0.2) is 24.5 Å². The van der Waals surface area contributed by atoms with Gasteiger partial charge in [-0.25, -0.2) is 9.18 Å². The Bertz CT molecular complexity index is 1060. The molecule has 0 N–H and O–H groups in total. The molecule has 10 heteroatoms. The van der Waals surface area contributed by atoms with Gasteiger partial charge in [0.05, 0.1) is 23.1 Å². The number of fused-ring (bicyclic) bond motifs is 1. The van der Waals surface area contributed by atoms with Crippen molar-refractivity contribution in [2.75, 3.05) is 11.5 Å². The first-order valence-electron chi connectivity index (χ1n) is 10.2. The molecule has 1 heterocycles. The summed E-state index contributed by atoms with van der Waals surface area (Å²) in [6.07, 6.45) is -4.76. The Labute approximate surface area is 193 Å². The van der Waals surface area contributed by atoms with Crippen LogP contribution in [0.3, 0.4) is 0 Å². The SMILES string of the molecule is CCOC(=O)C(C)N1C(=O)C(C(C)C)c2cc(Oc3c(F)cc(C(F)(F)F)cc3Cl)ccc21. The van der Waals surface area contributed by atoms with E-state index in [4.69, 9.17) is 21.1 Å². The van der Waals surface area contributed by atoms with Gasteiger partial charge in [-0.1, -0.05) is 25.4 Å². The fraction of sp³-hybridized carbons (Fsp3) is 0.391. The van der Waals surface area contributed by atoms with Gasteiger partial charge in [0, 0.05) is 5.69 Å². The molecule has 0 radical (unpaired) electrons. The molecule has 2 aromatic carbocycles. The van der Waals surface area contributed by atoms with Crippen molar-refractivity contribution in [1.29, 1.82) is 0 Å². The molecule has 33 heavy (non-hydrogen) atoms. The molecule has 2 atom stereocenters. The summed E-state index contributed by atoms with van der Waals surface area (Å²) in [4.78, 5) is 26.8. The summed E-state index contributed by atoms with van der Waals surface area (Å²) in [7, 11) is 0. The molecule has 1 aliphatic heterocycles. The number of hydrogen-bond acceptors (Lipinski definition) is 4. The Morgan fingerprint density at radius 3 is 2.39 bits per heavy atom. The van der Waals surface area contributed by atoms with E-state index in [2.05, 4.69) is 0 Å². The Morgan fingerprint density at radius 1 is 1.18 bits per heavy atom. The number of carbonyl (C=O) groups is 2. The lowest BCUT2D eigenvalue weighted by Crippen LogP contribution is -2.43. The summed E-state index contributed by atoms with van der Waals surface area (Å²) in [6, 6.07) is 4.48. The summed E-state index contributed by atoms with van der Waals surface area (Å²) in [5.74, 6) is -3.35. The van der Waals surface area contributed by atoms with Crippen molar-refractivity contribution in [2.24, 2.45) is 5.92 Å². The van der Waals surface area contributed by atoms with Gasteiger partial charge in [0.25, 0.3) is 0 Å². The van der Waals surface area contributed by atoms with Gasteiger partial charge >= 0.3 is 12.1 Å². The zero-order chi connectivity index (χ0) is 24.7. The molecule has 1 amide bonds. The van der Waals surface area contributed by atoms with Crippen LogP contribution >= 0.6 is 11.6 Å². The Morgan fingerprint density at radius 2 is 1.85 bits per heavy atom. The molecule has 0 fully saturated rings. The number of halogens is 5. The fourth-order valence-electron chi connectivity index (χ4n) is 3.82. The molecule has 2 aromatic rings. The molecule has 2 unspecified atom stereocenters. The highest BCUT2D eigenvalue weighted by Crippen LogP contribution is 2.45. The minimum absolute atomic E-state index is 0.0818. The largest absolute Gasteiger partial charge is 0.464 e. The van der Waals surface area contributed by atoms with E-state index in [1.165, 1.54) is 23.1 Å². The first-order chi connectivity index (χ1) is 15.4. The lowest BCUT2D eigenvalue weighted by Gasteiger charge is -2.24. The molecule has 5 nitrogen and oxygen atoms in total. The monoisotopic (exact) mass is 487 g/mol. The average molecular weight is 488 g/mol. The molecule has 0 aromatic heterocycles. The molecular formula is C23H22ClF4NO4. The molecule has 0 saturated heterocycles. The minimum atomic E-state index is -4.76. The van der Waals surface area contributed by atoms with E-state index >= 15 is 0 Å². The number of nitrogens with zero attached hydrogens (tertiary/aromatic N) is 1. The number of benzene rings is 2. The number of anilines is 1. The highest BCUT2D eigenvalue weighted by atomic mass is 35.5. The molecule has 0 aliphatic carbocycles. The number of ether oxygens (including phenoxy) is 2. The zero-order valence-corrected chi connectivity index (χ0v) is 19.1. The van der Waals surface area contributed by atoms with Crippen LogP contribution in [0.4, 0.5) is 23.2 Å². The van der Waals surface area contributed by atoms with Crippen molar-refractivity contribution >= 4 is 29.2 Å². The second-order valence-electron chi connectivity index (χ2n) is 7.95. The number of esters is 1. The third-order valence-corrected chi connectivity index (χ3v) is 5.61. The summed E-state index contributed by atoms with van der Waals surface area (Å²) in [5.41, 5.74) is -0.210. The Balaban J connectivity index is 2.00. The van der Waals surface area contributed by atoms with Crippen molar-refractivity contribution in [1.82, 2.24) is 0 Å². The Hall–Kier alpha value is -2.81. The normalized spacial score (nSPS) is 16.7. The van der Waals surface area contributed by atoms with Crippen molar-refractivity contribution in [2.45, 2.75) is 45.8 Å². The van der Waals surface area contributed by atoms with E-state index in [9.17, 15) is 27.2 Å². The lowest BCUT2D eigenvalue weighted by atomic mass is 9.89. The van der Waals surface area contributed by atoms with Crippen LogP contribution < -0.4 is 9.64 Å². The topological polar surface area (TPSA) is 55.8 Å². The minimum Gasteiger partial charge on any atom is -0.464 e. The van der Waals surface area contributed by atoms with Gasteiger partial charge in [0.2, 0.25) is 5.91 Å². The van der Waals surface area contributed by atoms with Crippen molar-refractivity contribution in [3.8, 4) is 11.5 Å². The second-order valence-corrected chi connectivity index (χ2v) is 8.35. The van der Waals surface area contributed by atoms with Gasteiger partial charge in [0.15, 0.2) is 11.6 Å². The van der Waals surface area contributed by atoms with Crippen molar-refractivity contribution < 1.29 is 36.6 Å². The van der Waals surface area contributed by atoms with E-state index in [1.54, 1.807) is 13.8 Å². The van der Waals surface area contributed by atoms with Crippen molar-refractivity contribution in [3.63, 3.8) is 0 Å². The van der Waals surface area contributed by atoms with Gasteiger partial charge in [-0.2, -0.15) is 13.2 Å². The highest BCUT2D eigenvalue weighted by molar-refractivity contribution is 6.32. The van der Waals surface area contributed by atoms with Gasteiger partial charge in [-0.15, -0.1) is 0 Å². The predicted octanol–water partition coefficient (Wildman–Crippen LogP) is 6.33. The lowest BCUT2D eigenvalue weighted by molar-refractivity contribution is -0.145. The third kappa shape index (κ3) is 4.78. The predicted molar refractivity (Wildman–Crippen MR) is 114 cm³/mol. The van der Waals surface area contributed by atoms with E-state index in [0.29, 0.717) is 23.4 Å². The van der Waals surface area contributed by atoms with Crippen molar-refractivity contribution in [3.05, 3.63) is 52.3 Å². The third-order valence-electron chi connectivity index (χ3n) is 5.32. The smallest absolute Gasteiger partial charge is 0.416 e. The van der Waals surface area contributed by atoms with Gasteiger partial charge in [-0.3, -0.25) is 9.69 Å². The van der Waals surface area contributed by atoms with Crippen LogP contribution in [0.15, 0.2) is 30.3 Å². The van der Waals surface area contributed by atoms with Gasteiger partial charge in [-0.05, 0) is 55.7 Å². The van der Waals surface area contributed by atoms with Crippen LogP contribution in [0.1, 0.15) is 44.7 Å². The first kappa shape index (κ1) is 24.8. The summed E-state index contributed by atoms with van der Waals surface area (Å²) in [6.45, 7) is 7.06. The standard InChI is InChI=1S/C23H22ClF4NO4/c1-5-32-22(31)12(4)29-18-7-6-14(10-15(18)19(11(2)3)21(29)30)33-20-16(24)8-13(9-17(20)25)23(26,27)28/h6-12,19H,5H2,1-4H3. The summed E-state index contributed by atoms with van der Waals surface area (Å²) in [5, 5.41) is -0.545. The number of carbonyl (C=O) groups excluding carboxylic acids is 2. The quantitative estimate of drug-likeness (QED) is 0.353. The average Bonchev–Trinajstić information content (AvgIpc) is 3.00. The summed E-state index contributed by atoms with van der Waals surface area (Å²) < 4.78 is 63.6. The van der Waals surface area contributed by atoms with Gasteiger partial charge < -0.3 is 9.47 Å². The van der Waals surface area contributed by atoms with Crippen LogP contribution in [-0.2, 0) is 20.5 Å². The molecule has 3 rings (SSSR count). The molecular weight excluding hydrogens is 466 g/mol. The summed E-state index contributed by atoms with van der Waals surface area (Å²) >= 11 is 5.86. The molecule has 0 bridgehead atoms. The highest BCUT2D eigenvalue weighted by Gasteiger charge is 2.43. The van der Waals surface area contributed by atoms with Crippen LogP contribution in [0.2, 0.25) is 5.02 Å². The molecule has 0 saturated carbocycles. The van der Waals surface area contributed by atoms with Crippen LogP contribution in [0.5, 0.6) is 11.5 Å². The van der Waals surface area contributed by atoms with Gasteiger partial charge in [0.1, 0.15) is 11.8 Å². The number of alkyl halides is 3. The zero-order valence-electron chi connectivity index (χ0n) is 18.3. The maximum Gasteiger partial charge on any atom is 0.416 e. The maximum atomic E-state index is 14.4. The maximum absolute atomic E-state index is 14.4. The number of amides is 1. The van der Waals surface area contributed by atoms with E-state index in [0.717, 1.165) is 0 Å². The van der Waals surface area contributed by atoms with Crippen LogP contribution in [0, 0.1) is 11.7 Å². The number of hydrogen-bond donors (Lipinski definition) is 0. The van der Waals surface area contributed by atoms with E-state index in [1.807, 2.05) is 13.8 Å². The number of rotatable bonds is 6. The first-order valence-corrected chi connectivity index (χ1v) is 10.6. The second kappa shape index (κ2) is 9.21. The van der Waals surface area contributed by atoms with E-state index < -0.39 is 46.3 Å². The molecule has 1 aliphatic rings. The fourth-order valence-corrected chi connectivity index (χ4v) is 4.06. The molecule has 178 valence electrons.